The Bertz CT molecular complexity index is 1790. The van der Waals surface area contributed by atoms with E-state index in [1.165, 1.54) is 60.2 Å². The highest BCUT2D eigenvalue weighted by atomic mass is 16.5. The first-order valence-corrected chi connectivity index (χ1v) is 18.1. The van der Waals surface area contributed by atoms with Crippen molar-refractivity contribution in [2.24, 2.45) is 0 Å². The smallest absolute Gasteiger partial charge is 0.246 e. The molecule has 0 bridgehead atoms. The van der Waals surface area contributed by atoms with Crippen LogP contribution in [0.15, 0.2) is 49.1 Å². The molecule has 3 fully saturated rings. The van der Waals surface area contributed by atoms with Gasteiger partial charge in [-0.15, -0.1) is 0 Å². The van der Waals surface area contributed by atoms with Gasteiger partial charge in [0, 0.05) is 61.9 Å². The fraction of sp³-hybridized carbons (Fsp3) is 0.500. The summed E-state index contributed by atoms with van der Waals surface area (Å²) in [6, 6.07) is 18.1. The third-order valence-corrected chi connectivity index (χ3v) is 11.3. The van der Waals surface area contributed by atoms with Crippen LogP contribution in [-0.2, 0) is 17.8 Å². The van der Waals surface area contributed by atoms with Gasteiger partial charge in [0.2, 0.25) is 11.8 Å². The van der Waals surface area contributed by atoms with Gasteiger partial charge in [0.1, 0.15) is 17.7 Å². The highest BCUT2D eigenvalue weighted by molar-refractivity contribution is 5.97. The molecule has 4 heterocycles. The van der Waals surface area contributed by atoms with E-state index < -0.39 is 0 Å². The predicted octanol–water partition coefficient (Wildman–Crippen LogP) is 6.27. The van der Waals surface area contributed by atoms with E-state index in [2.05, 4.69) is 76.7 Å². The van der Waals surface area contributed by atoms with Gasteiger partial charge in [0.15, 0.2) is 0 Å². The van der Waals surface area contributed by atoms with Crippen molar-refractivity contribution in [2.75, 3.05) is 49.1 Å². The van der Waals surface area contributed by atoms with E-state index in [1.807, 2.05) is 0 Å². The van der Waals surface area contributed by atoms with Crippen LogP contribution >= 0.6 is 0 Å². The highest BCUT2D eigenvalue weighted by Gasteiger charge is 2.36. The van der Waals surface area contributed by atoms with Crippen LogP contribution in [0.3, 0.4) is 0 Å². The molecule has 1 saturated carbocycles. The molecule has 3 aliphatic heterocycles. The van der Waals surface area contributed by atoms with Crippen LogP contribution in [0, 0.1) is 29.6 Å². The maximum atomic E-state index is 12.7. The largest absolute Gasteiger partial charge is 0.473 e. The van der Waals surface area contributed by atoms with Crippen molar-refractivity contribution in [3.05, 3.63) is 71.4 Å². The van der Waals surface area contributed by atoms with Gasteiger partial charge in [-0.05, 0) is 62.1 Å². The fourth-order valence-electron chi connectivity index (χ4n) is 8.75. The molecule has 1 amide bonds. The maximum absolute atomic E-state index is 12.7. The molecule has 1 atom stereocenters. The number of aryl methyl sites for hydroxylation is 1. The first kappa shape index (κ1) is 32.9. The average Bonchev–Trinajstić information content (AvgIpc) is 3.14. The minimum Gasteiger partial charge on any atom is -0.473 e. The van der Waals surface area contributed by atoms with Gasteiger partial charge < -0.3 is 24.3 Å². The summed E-state index contributed by atoms with van der Waals surface area (Å²) >= 11 is 0. The van der Waals surface area contributed by atoms with Crippen molar-refractivity contribution < 1.29 is 9.53 Å². The van der Waals surface area contributed by atoms with Crippen molar-refractivity contribution >= 4 is 28.1 Å². The van der Waals surface area contributed by atoms with Crippen LogP contribution in [-0.4, -0.2) is 78.1 Å². The Morgan fingerprint density at radius 3 is 2.51 bits per heavy atom. The van der Waals surface area contributed by atoms with E-state index >= 15 is 0 Å². The number of aromatic nitrogens is 1. The molecule has 9 heteroatoms. The zero-order chi connectivity index (χ0) is 33.9. The maximum Gasteiger partial charge on any atom is 0.246 e. The third-order valence-electron chi connectivity index (χ3n) is 11.3. The van der Waals surface area contributed by atoms with E-state index in [-0.39, 0.29) is 24.5 Å². The molecule has 254 valence electrons. The number of rotatable bonds is 7. The molecule has 9 nitrogen and oxygen atoms in total. The monoisotopic (exact) mass is 657 g/mol. The van der Waals surface area contributed by atoms with Crippen molar-refractivity contribution in [2.45, 2.75) is 89.4 Å². The summed E-state index contributed by atoms with van der Waals surface area (Å²) in [5, 5.41) is 22.9. The Balaban J connectivity index is 1.23. The Morgan fingerprint density at radius 1 is 1.00 bits per heavy atom. The SMILES string of the molecule is C=CC(=O)N1CCN(c2c(C#N)c(OC3CCN(C4CCCCC4)CC3)nc3c2CCN(c2cccc4cccc(C)c24)C3)C[C@@H]1CC#N. The summed E-state index contributed by atoms with van der Waals surface area (Å²) in [5.74, 6) is 0.256. The van der Waals surface area contributed by atoms with E-state index in [9.17, 15) is 15.3 Å². The number of hydrogen-bond donors (Lipinski definition) is 0. The van der Waals surface area contributed by atoms with Crippen molar-refractivity contribution in [1.82, 2.24) is 14.8 Å². The van der Waals surface area contributed by atoms with Gasteiger partial charge in [-0.3, -0.25) is 4.79 Å². The standard InChI is InChI=1S/C40H47N7O2/c1-3-37(48)47-24-23-46(26-31(47)15-19-41)39-33-18-22-45(36-14-8-11-29-10-7-9-28(2)38(29)36)27-35(33)43-40(34(39)25-42)49-32-16-20-44(21-17-32)30-12-5-4-6-13-30/h3,7-11,14,30-32H,1,4-6,12-13,15-18,20-24,26-27H2,2H3/t31-/m0/s1. The van der Waals surface area contributed by atoms with Crippen LogP contribution in [0.1, 0.15) is 73.8 Å². The molecule has 2 saturated heterocycles. The second kappa shape index (κ2) is 14.5. The predicted molar refractivity (Wildman–Crippen MR) is 193 cm³/mol. The number of piperazine rings is 1. The lowest BCUT2D eigenvalue weighted by atomic mass is 9.92. The molecule has 2 aromatic carbocycles. The number of pyridine rings is 1. The number of fused-ring (bicyclic) bond motifs is 2. The number of ether oxygens (including phenoxy) is 1. The van der Waals surface area contributed by atoms with Crippen LogP contribution in [0.5, 0.6) is 5.88 Å². The number of carbonyl (C=O) groups is 1. The molecule has 0 radical (unpaired) electrons. The molecule has 49 heavy (non-hydrogen) atoms. The van der Waals surface area contributed by atoms with E-state index in [1.54, 1.807) is 4.90 Å². The van der Waals surface area contributed by atoms with Gasteiger partial charge in [-0.25, -0.2) is 4.98 Å². The topological polar surface area (TPSA) is 99.7 Å². The van der Waals surface area contributed by atoms with E-state index in [0.717, 1.165) is 55.8 Å². The summed E-state index contributed by atoms with van der Waals surface area (Å²) in [6.07, 6.45) is 10.7. The number of carbonyl (C=O) groups excluding carboxylic acids is 1. The van der Waals surface area contributed by atoms with Crippen molar-refractivity contribution in [3.8, 4) is 18.0 Å². The second-order valence-corrected chi connectivity index (χ2v) is 14.1. The summed E-state index contributed by atoms with van der Waals surface area (Å²) in [6.45, 7) is 10.7. The minimum absolute atomic E-state index is 0.000789. The Labute approximate surface area is 290 Å². The molecule has 4 aliphatic rings. The lowest BCUT2D eigenvalue weighted by molar-refractivity contribution is -0.128. The number of hydrogen-bond acceptors (Lipinski definition) is 8. The molecule has 7 rings (SSSR count). The molecule has 1 aliphatic carbocycles. The first-order valence-electron chi connectivity index (χ1n) is 18.1. The van der Waals surface area contributed by atoms with Crippen LogP contribution in [0.4, 0.5) is 11.4 Å². The Morgan fingerprint density at radius 2 is 1.78 bits per heavy atom. The van der Waals surface area contributed by atoms with Crippen LogP contribution in [0.25, 0.3) is 10.8 Å². The number of nitriles is 2. The molecule has 0 spiro atoms. The molecular formula is C40H47N7O2. The quantitative estimate of drug-likeness (QED) is 0.274. The molecule has 3 aromatic rings. The second-order valence-electron chi connectivity index (χ2n) is 14.1. The van der Waals surface area contributed by atoms with Gasteiger partial charge >= 0.3 is 0 Å². The van der Waals surface area contributed by atoms with E-state index in [4.69, 9.17) is 9.72 Å². The summed E-state index contributed by atoms with van der Waals surface area (Å²) in [7, 11) is 0. The highest BCUT2D eigenvalue weighted by Crippen LogP contribution is 2.40. The average molecular weight is 658 g/mol. The molecule has 1 aromatic heterocycles. The van der Waals surface area contributed by atoms with Gasteiger partial charge in [0.05, 0.1) is 36.5 Å². The first-order chi connectivity index (χ1) is 24.0. The zero-order valence-corrected chi connectivity index (χ0v) is 28.7. The number of likely N-dealkylation sites (tertiary alicyclic amines) is 1. The summed E-state index contributed by atoms with van der Waals surface area (Å²) in [4.78, 5) is 26.9. The van der Waals surface area contributed by atoms with E-state index in [0.29, 0.717) is 43.7 Å². The fourth-order valence-corrected chi connectivity index (χ4v) is 8.75. The van der Waals surface area contributed by atoms with Crippen LogP contribution in [0.2, 0.25) is 0 Å². The zero-order valence-electron chi connectivity index (χ0n) is 28.7. The number of piperidine rings is 1. The lowest BCUT2D eigenvalue weighted by Gasteiger charge is -2.43. The number of nitrogens with zero attached hydrogens (tertiary/aromatic N) is 7. The van der Waals surface area contributed by atoms with Crippen LogP contribution < -0.4 is 14.5 Å². The number of benzene rings is 2. The summed E-state index contributed by atoms with van der Waals surface area (Å²) in [5.41, 5.74) is 5.78. The van der Waals surface area contributed by atoms with Gasteiger partial charge in [-0.2, -0.15) is 10.5 Å². The lowest BCUT2D eigenvalue weighted by Crippen LogP contribution is -2.55. The number of amides is 1. The number of anilines is 2. The molecule has 0 unspecified atom stereocenters. The summed E-state index contributed by atoms with van der Waals surface area (Å²) < 4.78 is 6.76. The molecular weight excluding hydrogens is 610 g/mol. The molecule has 0 N–H and O–H groups in total. The normalized spacial score (nSPS) is 20.8. The Hall–Kier alpha value is -4.60. The Kier molecular flexibility index (Phi) is 9.73. The minimum atomic E-state index is -0.299. The van der Waals surface area contributed by atoms with Crippen molar-refractivity contribution in [3.63, 3.8) is 0 Å². The van der Waals surface area contributed by atoms with Gasteiger partial charge in [-0.1, -0.05) is 56.2 Å². The van der Waals surface area contributed by atoms with Gasteiger partial charge in [0.25, 0.3) is 0 Å². The third kappa shape index (κ3) is 6.57. The van der Waals surface area contributed by atoms with Crippen molar-refractivity contribution in [1.29, 1.82) is 10.5 Å².